The summed E-state index contributed by atoms with van der Waals surface area (Å²) in [5.41, 5.74) is 4.40. The molecule has 0 saturated heterocycles. The fourth-order valence-corrected chi connectivity index (χ4v) is 2.71. The van der Waals surface area contributed by atoms with Crippen molar-refractivity contribution in [3.63, 3.8) is 0 Å². The number of hydrogen-bond donors (Lipinski definition) is 3. The first kappa shape index (κ1) is 15.9. The molecule has 1 fully saturated rings. The van der Waals surface area contributed by atoms with Crippen LogP contribution in [-0.4, -0.2) is 19.1 Å². The van der Waals surface area contributed by atoms with E-state index in [1.807, 2.05) is 13.0 Å². The van der Waals surface area contributed by atoms with E-state index < -0.39 is 0 Å². The molecular weight excluding hydrogens is 288 g/mol. The van der Waals surface area contributed by atoms with Gasteiger partial charge in [0.15, 0.2) is 0 Å². The lowest BCUT2D eigenvalue weighted by Crippen LogP contribution is -2.37. The Bertz CT molecular complexity index is 513. The average Bonchev–Trinajstić information content (AvgIpc) is 2.51. The van der Waals surface area contributed by atoms with E-state index in [2.05, 4.69) is 15.7 Å². The van der Waals surface area contributed by atoms with E-state index in [4.69, 9.17) is 22.2 Å². The largest absolute Gasteiger partial charge is 0.495 e. The number of nitrogens with zero attached hydrogens (tertiary/aromatic N) is 1. The van der Waals surface area contributed by atoms with E-state index in [1.54, 1.807) is 13.2 Å². The molecule has 2 rings (SSSR count). The number of anilines is 1. The minimum Gasteiger partial charge on any atom is -0.495 e. The normalized spacial score (nSPS) is 16.7. The number of benzene rings is 1. The molecule has 0 amide bonds. The second kappa shape index (κ2) is 7.52. The van der Waals surface area contributed by atoms with Gasteiger partial charge in [0.1, 0.15) is 5.75 Å². The molecule has 0 unspecified atom stereocenters. The maximum atomic E-state index is 6.11. The van der Waals surface area contributed by atoms with Crippen molar-refractivity contribution in [3.05, 3.63) is 22.7 Å². The summed E-state index contributed by atoms with van der Waals surface area (Å²) in [5.74, 6) is 6.81. The summed E-state index contributed by atoms with van der Waals surface area (Å²) < 4.78 is 5.35. The first-order valence-corrected chi connectivity index (χ1v) is 7.67. The van der Waals surface area contributed by atoms with E-state index >= 15 is 0 Å². The van der Waals surface area contributed by atoms with E-state index in [1.165, 1.54) is 19.3 Å². The maximum Gasteiger partial charge on any atom is 0.210 e. The molecule has 0 radical (unpaired) electrons. The molecule has 0 atom stereocenters. The van der Waals surface area contributed by atoms with Crippen LogP contribution in [0.25, 0.3) is 0 Å². The number of hydrogen-bond acceptors (Lipinski definition) is 3. The van der Waals surface area contributed by atoms with Gasteiger partial charge in [-0.15, -0.1) is 0 Å². The highest BCUT2D eigenvalue weighted by molar-refractivity contribution is 6.31. The molecule has 1 aliphatic rings. The summed E-state index contributed by atoms with van der Waals surface area (Å²) in [6.07, 6.45) is 5.99. The number of ether oxygens (including phenoxy) is 1. The van der Waals surface area contributed by atoms with Crippen molar-refractivity contribution in [1.29, 1.82) is 0 Å². The number of halogens is 1. The lowest BCUT2D eigenvalue weighted by atomic mass is 9.96. The summed E-state index contributed by atoms with van der Waals surface area (Å²) in [4.78, 5) is 4.66. The monoisotopic (exact) mass is 310 g/mol. The van der Waals surface area contributed by atoms with E-state index in [0.29, 0.717) is 22.8 Å². The van der Waals surface area contributed by atoms with Gasteiger partial charge in [-0.25, -0.2) is 10.8 Å². The van der Waals surface area contributed by atoms with Crippen LogP contribution in [0.4, 0.5) is 5.69 Å². The van der Waals surface area contributed by atoms with Gasteiger partial charge in [0.25, 0.3) is 0 Å². The highest BCUT2D eigenvalue weighted by Gasteiger charge is 2.14. The molecule has 1 aromatic carbocycles. The smallest absolute Gasteiger partial charge is 0.210 e. The minimum atomic E-state index is 0.330. The third-order valence-corrected chi connectivity index (χ3v) is 4.16. The van der Waals surface area contributed by atoms with Crippen molar-refractivity contribution in [2.45, 2.75) is 45.1 Å². The van der Waals surface area contributed by atoms with Crippen LogP contribution in [0, 0.1) is 6.92 Å². The van der Waals surface area contributed by atoms with Crippen LogP contribution in [0.2, 0.25) is 5.02 Å². The predicted molar refractivity (Wildman–Crippen MR) is 88.0 cm³/mol. The SMILES string of the molecule is COc1cc(Cl)c(C)cc1NC(=NC1CCCCC1)NN. The van der Waals surface area contributed by atoms with Crippen LogP contribution in [0.3, 0.4) is 0 Å². The summed E-state index contributed by atoms with van der Waals surface area (Å²) in [6, 6.07) is 4.04. The van der Waals surface area contributed by atoms with Crippen LogP contribution < -0.4 is 21.3 Å². The summed E-state index contributed by atoms with van der Waals surface area (Å²) >= 11 is 6.11. The first-order chi connectivity index (χ1) is 10.1. The highest BCUT2D eigenvalue weighted by Crippen LogP contribution is 2.31. The van der Waals surface area contributed by atoms with Gasteiger partial charge < -0.3 is 10.1 Å². The molecule has 1 aromatic rings. The quantitative estimate of drug-likeness (QED) is 0.347. The Kier molecular flexibility index (Phi) is 5.70. The predicted octanol–water partition coefficient (Wildman–Crippen LogP) is 3.22. The van der Waals surface area contributed by atoms with Crippen molar-refractivity contribution < 1.29 is 4.74 Å². The average molecular weight is 311 g/mol. The first-order valence-electron chi connectivity index (χ1n) is 7.29. The molecule has 1 aliphatic carbocycles. The Morgan fingerprint density at radius 1 is 1.33 bits per heavy atom. The Balaban J connectivity index is 2.17. The van der Waals surface area contributed by atoms with Gasteiger partial charge in [-0.05, 0) is 31.4 Å². The van der Waals surface area contributed by atoms with Gasteiger partial charge >= 0.3 is 0 Å². The molecule has 0 bridgehead atoms. The lowest BCUT2D eigenvalue weighted by molar-refractivity contribution is 0.416. The number of nitrogens with two attached hydrogens (primary N) is 1. The van der Waals surface area contributed by atoms with Crippen LogP contribution in [0.5, 0.6) is 5.75 Å². The fourth-order valence-electron chi connectivity index (χ4n) is 2.56. The Morgan fingerprint density at radius 3 is 2.67 bits per heavy atom. The molecule has 116 valence electrons. The van der Waals surface area contributed by atoms with Crippen molar-refractivity contribution in [2.75, 3.05) is 12.4 Å². The molecule has 6 heteroatoms. The number of guanidine groups is 1. The zero-order valence-corrected chi connectivity index (χ0v) is 13.3. The third-order valence-electron chi connectivity index (χ3n) is 3.76. The number of aliphatic imine (C=N–C) groups is 1. The highest BCUT2D eigenvalue weighted by atomic mass is 35.5. The van der Waals surface area contributed by atoms with E-state index in [0.717, 1.165) is 24.1 Å². The fraction of sp³-hybridized carbons (Fsp3) is 0.533. The van der Waals surface area contributed by atoms with E-state index in [-0.39, 0.29) is 0 Å². The Morgan fingerprint density at radius 2 is 2.05 bits per heavy atom. The number of methoxy groups -OCH3 is 1. The summed E-state index contributed by atoms with van der Waals surface area (Å²) in [7, 11) is 1.61. The Labute approximate surface area is 130 Å². The number of hydrazine groups is 1. The molecular formula is C15H23ClN4O. The van der Waals surface area contributed by atoms with Gasteiger partial charge in [0, 0.05) is 11.1 Å². The molecule has 1 saturated carbocycles. The summed E-state index contributed by atoms with van der Waals surface area (Å²) in [5, 5.41) is 3.86. The summed E-state index contributed by atoms with van der Waals surface area (Å²) in [6.45, 7) is 1.95. The van der Waals surface area contributed by atoms with Crippen molar-refractivity contribution >= 4 is 23.2 Å². The lowest BCUT2D eigenvalue weighted by Gasteiger charge is -2.20. The van der Waals surface area contributed by atoms with Crippen LogP contribution in [0.1, 0.15) is 37.7 Å². The molecule has 0 aliphatic heterocycles. The molecule has 4 N–H and O–H groups in total. The van der Waals surface area contributed by atoms with Crippen molar-refractivity contribution in [3.8, 4) is 5.75 Å². The van der Waals surface area contributed by atoms with Gasteiger partial charge in [0.2, 0.25) is 5.96 Å². The van der Waals surface area contributed by atoms with Gasteiger partial charge in [-0.3, -0.25) is 5.43 Å². The van der Waals surface area contributed by atoms with Gasteiger partial charge in [-0.2, -0.15) is 0 Å². The van der Waals surface area contributed by atoms with Gasteiger partial charge in [-0.1, -0.05) is 30.9 Å². The van der Waals surface area contributed by atoms with Gasteiger partial charge in [0.05, 0.1) is 18.8 Å². The standard InChI is InChI=1S/C15H23ClN4O/c1-10-8-13(14(21-2)9-12(10)16)19-15(20-17)18-11-6-4-3-5-7-11/h8-9,11H,3-7,17H2,1-2H3,(H2,18,19,20). The Hall–Kier alpha value is -1.46. The zero-order chi connectivity index (χ0) is 15.2. The number of aryl methyl sites for hydroxylation is 1. The third kappa shape index (κ3) is 4.25. The second-order valence-electron chi connectivity index (χ2n) is 5.34. The molecule has 21 heavy (non-hydrogen) atoms. The molecule has 0 heterocycles. The van der Waals surface area contributed by atoms with E-state index in [9.17, 15) is 0 Å². The zero-order valence-electron chi connectivity index (χ0n) is 12.6. The number of rotatable bonds is 3. The van der Waals surface area contributed by atoms with Crippen molar-refractivity contribution in [2.24, 2.45) is 10.8 Å². The number of nitrogens with one attached hydrogen (secondary N) is 2. The second-order valence-corrected chi connectivity index (χ2v) is 5.75. The van der Waals surface area contributed by atoms with Crippen LogP contribution >= 0.6 is 11.6 Å². The van der Waals surface area contributed by atoms with Crippen LogP contribution in [-0.2, 0) is 0 Å². The minimum absolute atomic E-state index is 0.330. The van der Waals surface area contributed by atoms with Crippen LogP contribution in [0.15, 0.2) is 17.1 Å². The molecule has 0 spiro atoms. The van der Waals surface area contributed by atoms with Crippen molar-refractivity contribution in [1.82, 2.24) is 5.43 Å². The molecule has 0 aromatic heterocycles. The maximum absolute atomic E-state index is 6.11. The topological polar surface area (TPSA) is 71.7 Å². The molecule has 5 nitrogen and oxygen atoms in total.